The third-order valence-corrected chi connectivity index (χ3v) is 4.12. The largest absolute Gasteiger partial charge is 0.394 e. The lowest BCUT2D eigenvalue weighted by atomic mass is 9.77. The Bertz CT molecular complexity index is 382. The first kappa shape index (κ1) is 11.5. The zero-order chi connectivity index (χ0) is 11.6. The van der Waals surface area contributed by atoms with Crippen LogP contribution in [0.2, 0.25) is 0 Å². The van der Waals surface area contributed by atoms with Crippen LogP contribution in [0.25, 0.3) is 0 Å². The van der Waals surface area contributed by atoms with Crippen molar-refractivity contribution in [3.8, 4) is 0 Å². The molecule has 0 unspecified atom stereocenters. The minimum atomic E-state index is -0.376. The number of nitrogens with zero attached hydrogens (tertiary/aromatic N) is 1. The first-order valence-electron chi connectivity index (χ1n) is 5.24. The van der Waals surface area contributed by atoms with Gasteiger partial charge in [0.15, 0.2) is 0 Å². The number of hydrogen-bond donors (Lipinski definition) is 2. The van der Waals surface area contributed by atoms with Gasteiger partial charge in [0, 0.05) is 23.0 Å². The van der Waals surface area contributed by atoms with Crippen LogP contribution in [-0.4, -0.2) is 22.2 Å². The van der Waals surface area contributed by atoms with Crippen molar-refractivity contribution in [1.29, 1.82) is 0 Å². The van der Waals surface area contributed by atoms with Gasteiger partial charge in [0.1, 0.15) is 0 Å². The third kappa shape index (κ3) is 2.23. The molecule has 1 aliphatic carbocycles. The molecule has 5 nitrogen and oxygen atoms in total. The average Bonchev–Trinajstić information content (AvgIpc) is 2.65. The fourth-order valence-corrected chi connectivity index (χ4v) is 2.59. The quantitative estimate of drug-likeness (QED) is 0.608. The standard InChI is InChI=1S/C10H14N2O3S/c13-7-10(4-1-5-10)11-6-8-2-3-9(16-8)12(14)15/h2-3,11,13H,1,4-7H2. The molecule has 1 aromatic rings. The van der Waals surface area contributed by atoms with Gasteiger partial charge in [-0.1, -0.05) is 11.3 Å². The van der Waals surface area contributed by atoms with Crippen LogP contribution >= 0.6 is 11.3 Å². The van der Waals surface area contributed by atoms with E-state index >= 15 is 0 Å². The lowest BCUT2D eigenvalue weighted by Crippen LogP contribution is -2.53. The summed E-state index contributed by atoms with van der Waals surface area (Å²) < 4.78 is 0. The second-order valence-corrected chi connectivity index (χ2v) is 5.29. The number of nitro groups is 1. The summed E-state index contributed by atoms with van der Waals surface area (Å²) in [5.74, 6) is 0. The van der Waals surface area contributed by atoms with Gasteiger partial charge in [-0.2, -0.15) is 0 Å². The van der Waals surface area contributed by atoms with Crippen molar-refractivity contribution < 1.29 is 10.0 Å². The maximum absolute atomic E-state index is 10.5. The molecule has 6 heteroatoms. The van der Waals surface area contributed by atoms with E-state index in [-0.39, 0.29) is 22.1 Å². The Morgan fingerprint density at radius 1 is 1.56 bits per heavy atom. The van der Waals surface area contributed by atoms with Crippen molar-refractivity contribution in [2.45, 2.75) is 31.3 Å². The molecule has 16 heavy (non-hydrogen) atoms. The monoisotopic (exact) mass is 242 g/mol. The molecular formula is C10H14N2O3S. The van der Waals surface area contributed by atoms with E-state index in [1.165, 1.54) is 17.4 Å². The topological polar surface area (TPSA) is 75.4 Å². The fourth-order valence-electron chi connectivity index (χ4n) is 1.83. The van der Waals surface area contributed by atoms with Gasteiger partial charge >= 0.3 is 5.00 Å². The van der Waals surface area contributed by atoms with E-state index in [2.05, 4.69) is 5.32 Å². The molecular weight excluding hydrogens is 228 g/mol. The molecule has 1 heterocycles. The van der Waals surface area contributed by atoms with Crippen molar-refractivity contribution >= 4 is 16.3 Å². The minimum Gasteiger partial charge on any atom is -0.394 e. The summed E-state index contributed by atoms with van der Waals surface area (Å²) in [5.41, 5.74) is -0.140. The smallest absolute Gasteiger partial charge is 0.324 e. The zero-order valence-corrected chi connectivity index (χ0v) is 9.63. The van der Waals surface area contributed by atoms with E-state index in [1.807, 2.05) is 0 Å². The molecule has 1 aromatic heterocycles. The predicted molar refractivity (Wildman–Crippen MR) is 61.5 cm³/mol. The summed E-state index contributed by atoms with van der Waals surface area (Å²) >= 11 is 1.18. The van der Waals surface area contributed by atoms with E-state index in [9.17, 15) is 15.2 Å². The molecule has 1 aliphatic rings. The Labute approximate surface area is 97.3 Å². The van der Waals surface area contributed by atoms with E-state index in [0.29, 0.717) is 6.54 Å². The SMILES string of the molecule is O=[N+]([O-])c1ccc(CNC2(CO)CCC2)s1. The lowest BCUT2D eigenvalue weighted by molar-refractivity contribution is -0.380. The predicted octanol–water partition coefficient (Wildman–Crippen LogP) is 1.66. The molecule has 1 fully saturated rings. The Morgan fingerprint density at radius 2 is 2.31 bits per heavy atom. The average molecular weight is 242 g/mol. The first-order chi connectivity index (χ1) is 7.65. The van der Waals surface area contributed by atoms with Crippen LogP contribution in [0.15, 0.2) is 12.1 Å². The van der Waals surface area contributed by atoms with Crippen molar-refractivity contribution in [3.63, 3.8) is 0 Å². The zero-order valence-electron chi connectivity index (χ0n) is 8.81. The molecule has 0 bridgehead atoms. The maximum atomic E-state index is 10.5. The van der Waals surface area contributed by atoms with E-state index in [0.717, 1.165) is 24.1 Å². The van der Waals surface area contributed by atoms with Gasteiger partial charge in [0.2, 0.25) is 0 Å². The van der Waals surface area contributed by atoms with E-state index in [1.54, 1.807) is 6.07 Å². The van der Waals surface area contributed by atoms with E-state index < -0.39 is 0 Å². The summed E-state index contributed by atoms with van der Waals surface area (Å²) in [5, 5.41) is 23.2. The molecule has 88 valence electrons. The highest BCUT2D eigenvalue weighted by molar-refractivity contribution is 7.15. The molecule has 0 spiro atoms. The Balaban J connectivity index is 1.91. The Hall–Kier alpha value is -0.980. The Kier molecular flexibility index (Phi) is 3.22. The van der Waals surface area contributed by atoms with Gasteiger partial charge in [0.05, 0.1) is 11.5 Å². The van der Waals surface area contributed by atoms with Gasteiger partial charge < -0.3 is 10.4 Å². The lowest BCUT2D eigenvalue weighted by Gasteiger charge is -2.41. The van der Waals surface area contributed by atoms with Crippen LogP contribution in [0.5, 0.6) is 0 Å². The number of hydrogen-bond acceptors (Lipinski definition) is 5. The molecule has 2 rings (SSSR count). The van der Waals surface area contributed by atoms with Crippen molar-refractivity contribution in [2.75, 3.05) is 6.61 Å². The van der Waals surface area contributed by atoms with E-state index in [4.69, 9.17) is 0 Å². The number of nitrogens with one attached hydrogen (secondary N) is 1. The number of aliphatic hydroxyl groups excluding tert-OH is 1. The van der Waals surface area contributed by atoms with Crippen LogP contribution in [0.4, 0.5) is 5.00 Å². The van der Waals surface area contributed by atoms with Crippen LogP contribution in [0, 0.1) is 10.1 Å². The number of thiophene rings is 1. The highest BCUT2D eigenvalue weighted by Crippen LogP contribution is 2.32. The van der Waals surface area contributed by atoms with Crippen LogP contribution in [0.1, 0.15) is 24.1 Å². The van der Waals surface area contributed by atoms with Crippen LogP contribution in [-0.2, 0) is 6.54 Å². The van der Waals surface area contributed by atoms with Gasteiger partial charge in [-0.15, -0.1) is 0 Å². The maximum Gasteiger partial charge on any atom is 0.324 e. The molecule has 0 atom stereocenters. The summed E-state index contributed by atoms with van der Waals surface area (Å²) in [7, 11) is 0. The van der Waals surface area contributed by atoms with Crippen molar-refractivity contribution in [3.05, 3.63) is 27.1 Å². The normalized spacial score (nSPS) is 18.1. The number of aliphatic hydroxyl groups is 1. The van der Waals surface area contributed by atoms with Crippen molar-refractivity contribution in [2.24, 2.45) is 0 Å². The Morgan fingerprint density at radius 3 is 2.75 bits per heavy atom. The van der Waals surface area contributed by atoms with Crippen molar-refractivity contribution in [1.82, 2.24) is 5.32 Å². The summed E-state index contributed by atoms with van der Waals surface area (Å²) in [6.07, 6.45) is 3.10. The highest BCUT2D eigenvalue weighted by atomic mass is 32.1. The second-order valence-electron chi connectivity index (χ2n) is 4.14. The molecule has 0 aliphatic heterocycles. The van der Waals surface area contributed by atoms with Crippen LogP contribution < -0.4 is 5.32 Å². The molecule has 0 amide bonds. The summed E-state index contributed by atoms with van der Waals surface area (Å²) in [6.45, 7) is 0.736. The van der Waals surface area contributed by atoms with Gasteiger partial charge in [-0.25, -0.2) is 0 Å². The van der Waals surface area contributed by atoms with Gasteiger partial charge in [-0.3, -0.25) is 10.1 Å². The second kappa shape index (κ2) is 4.48. The number of rotatable bonds is 5. The molecule has 0 saturated heterocycles. The fraction of sp³-hybridized carbons (Fsp3) is 0.600. The third-order valence-electron chi connectivity index (χ3n) is 3.08. The summed E-state index contributed by atoms with van der Waals surface area (Å²) in [4.78, 5) is 11.1. The summed E-state index contributed by atoms with van der Waals surface area (Å²) in [6, 6.07) is 3.29. The molecule has 1 saturated carbocycles. The first-order valence-corrected chi connectivity index (χ1v) is 6.06. The molecule has 0 radical (unpaired) electrons. The van der Waals surface area contributed by atoms with Gasteiger partial charge in [0.25, 0.3) is 0 Å². The minimum absolute atomic E-state index is 0.139. The van der Waals surface area contributed by atoms with Gasteiger partial charge in [-0.05, 0) is 25.3 Å². The highest BCUT2D eigenvalue weighted by Gasteiger charge is 2.35. The molecule has 0 aromatic carbocycles. The molecule has 2 N–H and O–H groups in total. The van der Waals surface area contributed by atoms with Crippen LogP contribution in [0.3, 0.4) is 0 Å².